The molecule has 0 saturated heterocycles. The molecule has 84 valence electrons. The van der Waals surface area contributed by atoms with Crippen molar-refractivity contribution in [2.75, 3.05) is 12.8 Å². The number of hydrogen-bond donors (Lipinski definition) is 1. The summed E-state index contributed by atoms with van der Waals surface area (Å²) < 4.78 is 5.04. The highest BCUT2D eigenvalue weighted by molar-refractivity contribution is 5.39. The molecule has 1 heterocycles. The van der Waals surface area contributed by atoms with Crippen LogP contribution in [-0.2, 0) is 13.1 Å². The zero-order valence-electron chi connectivity index (χ0n) is 9.39. The summed E-state index contributed by atoms with van der Waals surface area (Å²) in [4.78, 5) is 2.23. The molecular weight excluding hydrogens is 200 g/mol. The molecule has 0 atom stereocenters. The van der Waals surface area contributed by atoms with Gasteiger partial charge >= 0.3 is 0 Å². The van der Waals surface area contributed by atoms with Gasteiger partial charge in [-0.15, -0.1) is 0 Å². The van der Waals surface area contributed by atoms with Crippen molar-refractivity contribution in [2.24, 2.45) is 0 Å². The topological polar surface area (TPSA) is 42.4 Å². The molecule has 0 saturated carbocycles. The number of nitrogen functional groups attached to an aromatic ring is 1. The summed E-state index contributed by atoms with van der Waals surface area (Å²) in [5, 5.41) is 0. The Hall–Kier alpha value is -1.74. The Morgan fingerprint density at radius 1 is 1.06 bits per heavy atom. The van der Waals surface area contributed by atoms with Crippen molar-refractivity contribution >= 4 is 5.69 Å². The van der Waals surface area contributed by atoms with Gasteiger partial charge in [0.2, 0.25) is 0 Å². The van der Waals surface area contributed by atoms with Gasteiger partial charge in [0.05, 0.1) is 12.5 Å². The average Bonchev–Trinajstić information content (AvgIpc) is 2.74. The van der Waals surface area contributed by atoms with E-state index < -0.39 is 0 Å². The monoisotopic (exact) mass is 216 g/mol. The van der Waals surface area contributed by atoms with Gasteiger partial charge in [0, 0.05) is 24.3 Å². The molecule has 0 unspecified atom stereocenters. The number of anilines is 1. The molecule has 0 amide bonds. The van der Waals surface area contributed by atoms with E-state index in [1.54, 1.807) is 12.5 Å². The molecule has 0 fully saturated rings. The number of nitrogens with zero attached hydrogens (tertiary/aromatic N) is 1. The van der Waals surface area contributed by atoms with Crippen molar-refractivity contribution in [1.29, 1.82) is 0 Å². The first-order valence-corrected chi connectivity index (χ1v) is 5.28. The predicted molar refractivity (Wildman–Crippen MR) is 64.7 cm³/mol. The van der Waals surface area contributed by atoms with Crippen LogP contribution in [-0.4, -0.2) is 11.9 Å². The lowest BCUT2D eigenvalue weighted by Crippen LogP contribution is -2.16. The summed E-state index contributed by atoms with van der Waals surface area (Å²) >= 11 is 0. The molecule has 0 spiro atoms. The molecule has 16 heavy (non-hydrogen) atoms. The van der Waals surface area contributed by atoms with E-state index in [1.165, 1.54) is 11.1 Å². The second kappa shape index (κ2) is 4.86. The van der Waals surface area contributed by atoms with E-state index in [9.17, 15) is 0 Å². The van der Waals surface area contributed by atoms with Crippen molar-refractivity contribution in [1.82, 2.24) is 4.90 Å². The first-order valence-electron chi connectivity index (χ1n) is 5.28. The molecule has 0 aliphatic carbocycles. The van der Waals surface area contributed by atoms with Gasteiger partial charge in [0.1, 0.15) is 0 Å². The zero-order valence-corrected chi connectivity index (χ0v) is 9.39. The quantitative estimate of drug-likeness (QED) is 0.798. The molecule has 2 rings (SSSR count). The number of benzene rings is 1. The largest absolute Gasteiger partial charge is 0.472 e. The Morgan fingerprint density at radius 3 is 2.38 bits per heavy atom. The molecule has 3 nitrogen and oxygen atoms in total. The van der Waals surface area contributed by atoms with E-state index in [1.807, 2.05) is 18.2 Å². The van der Waals surface area contributed by atoms with Crippen LogP contribution in [0, 0.1) is 0 Å². The summed E-state index contributed by atoms with van der Waals surface area (Å²) in [6.45, 7) is 1.80. The Labute approximate surface area is 95.5 Å². The van der Waals surface area contributed by atoms with Crippen LogP contribution in [0.25, 0.3) is 0 Å². The van der Waals surface area contributed by atoms with Gasteiger partial charge in [0.15, 0.2) is 0 Å². The Morgan fingerprint density at radius 2 is 1.75 bits per heavy atom. The number of nitrogens with two attached hydrogens (primary N) is 1. The lowest BCUT2D eigenvalue weighted by molar-refractivity contribution is 0.318. The number of hydrogen-bond acceptors (Lipinski definition) is 3. The van der Waals surface area contributed by atoms with E-state index in [0.717, 1.165) is 18.8 Å². The van der Waals surface area contributed by atoms with Crippen molar-refractivity contribution in [3.63, 3.8) is 0 Å². The van der Waals surface area contributed by atoms with Gasteiger partial charge in [-0.25, -0.2) is 0 Å². The second-order valence-electron chi connectivity index (χ2n) is 4.05. The predicted octanol–water partition coefficient (Wildman–Crippen LogP) is 2.49. The van der Waals surface area contributed by atoms with Crippen LogP contribution in [0.5, 0.6) is 0 Å². The fourth-order valence-corrected chi connectivity index (χ4v) is 1.68. The molecule has 3 heteroatoms. The van der Waals surface area contributed by atoms with Crippen LogP contribution in [0.1, 0.15) is 11.1 Å². The van der Waals surface area contributed by atoms with Gasteiger partial charge in [-0.2, -0.15) is 0 Å². The number of rotatable bonds is 4. The maximum Gasteiger partial charge on any atom is 0.0947 e. The smallest absolute Gasteiger partial charge is 0.0947 e. The van der Waals surface area contributed by atoms with E-state index in [0.29, 0.717) is 0 Å². The highest BCUT2D eigenvalue weighted by Crippen LogP contribution is 2.10. The Kier molecular flexibility index (Phi) is 3.27. The van der Waals surface area contributed by atoms with Crippen molar-refractivity contribution in [2.45, 2.75) is 13.1 Å². The summed E-state index contributed by atoms with van der Waals surface area (Å²) in [5.74, 6) is 0. The van der Waals surface area contributed by atoms with Crippen LogP contribution in [0.2, 0.25) is 0 Å². The molecular formula is C13H16N2O. The maximum absolute atomic E-state index is 5.64. The first-order chi connectivity index (χ1) is 7.74. The average molecular weight is 216 g/mol. The minimum Gasteiger partial charge on any atom is -0.472 e. The summed E-state index contributed by atoms with van der Waals surface area (Å²) in [7, 11) is 2.09. The molecule has 0 aliphatic heterocycles. The first kappa shape index (κ1) is 10.8. The SMILES string of the molecule is CN(Cc1ccc(N)cc1)Cc1ccoc1. The van der Waals surface area contributed by atoms with Gasteiger partial charge in [-0.1, -0.05) is 12.1 Å². The van der Waals surface area contributed by atoms with Gasteiger partial charge in [-0.3, -0.25) is 4.90 Å². The lowest BCUT2D eigenvalue weighted by Gasteiger charge is -2.15. The standard InChI is InChI=1S/C13H16N2O/c1-15(9-12-6-7-16-10-12)8-11-2-4-13(14)5-3-11/h2-7,10H,8-9,14H2,1H3. The zero-order chi connectivity index (χ0) is 11.4. The van der Waals surface area contributed by atoms with Crippen LogP contribution in [0.15, 0.2) is 47.3 Å². The van der Waals surface area contributed by atoms with E-state index in [4.69, 9.17) is 10.2 Å². The molecule has 0 bridgehead atoms. The summed E-state index contributed by atoms with van der Waals surface area (Å²) in [5.41, 5.74) is 8.90. The third kappa shape index (κ3) is 2.87. The molecule has 2 aromatic rings. The normalized spacial score (nSPS) is 10.9. The van der Waals surface area contributed by atoms with Gasteiger partial charge in [-0.05, 0) is 30.8 Å². The van der Waals surface area contributed by atoms with Crippen LogP contribution >= 0.6 is 0 Å². The summed E-state index contributed by atoms with van der Waals surface area (Å²) in [6, 6.07) is 9.96. The molecule has 0 aliphatic rings. The van der Waals surface area contributed by atoms with Crippen LogP contribution < -0.4 is 5.73 Å². The minimum atomic E-state index is 0.807. The fraction of sp³-hybridized carbons (Fsp3) is 0.231. The lowest BCUT2D eigenvalue weighted by atomic mass is 10.2. The van der Waals surface area contributed by atoms with E-state index in [-0.39, 0.29) is 0 Å². The molecule has 1 aromatic carbocycles. The third-order valence-electron chi connectivity index (χ3n) is 2.46. The third-order valence-corrected chi connectivity index (χ3v) is 2.46. The van der Waals surface area contributed by atoms with Gasteiger partial charge in [0.25, 0.3) is 0 Å². The highest BCUT2D eigenvalue weighted by Gasteiger charge is 2.02. The van der Waals surface area contributed by atoms with Crippen LogP contribution in [0.3, 0.4) is 0 Å². The second-order valence-corrected chi connectivity index (χ2v) is 4.05. The van der Waals surface area contributed by atoms with Crippen LogP contribution in [0.4, 0.5) is 5.69 Å². The Balaban J connectivity index is 1.92. The fourth-order valence-electron chi connectivity index (χ4n) is 1.68. The maximum atomic E-state index is 5.64. The highest BCUT2D eigenvalue weighted by atomic mass is 16.3. The van der Waals surface area contributed by atoms with Gasteiger partial charge < -0.3 is 10.2 Å². The minimum absolute atomic E-state index is 0.807. The van der Waals surface area contributed by atoms with Crippen molar-refractivity contribution in [3.8, 4) is 0 Å². The Bertz CT molecular complexity index is 420. The van der Waals surface area contributed by atoms with Crippen molar-refractivity contribution < 1.29 is 4.42 Å². The molecule has 0 radical (unpaired) electrons. The molecule has 1 aromatic heterocycles. The molecule has 2 N–H and O–H groups in total. The van der Waals surface area contributed by atoms with E-state index in [2.05, 4.69) is 24.1 Å². The number of furan rings is 1. The van der Waals surface area contributed by atoms with E-state index >= 15 is 0 Å². The van der Waals surface area contributed by atoms with Crippen molar-refractivity contribution in [3.05, 3.63) is 54.0 Å². The summed E-state index contributed by atoms with van der Waals surface area (Å²) in [6.07, 6.45) is 3.48.